The number of benzene rings is 1. The van der Waals surface area contributed by atoms with Crippen molar-refractivity contribution in [3.8, 4) is 0 Å². The Morgan fingerprint density at radius 1 is 1.04 bits per heavy atom. The third-order valence-electron chi connectivity index (χ3n) is 3.69. The zero-order valence-electron chi connectivity index (χ0n) is 13.3. The monoisotopic (exact) mass is 329 g/mol. The molecule has 0 aliphatic heterocycles. The van der Waals surface area contributed by atoms with Crippen LogP contribution in [-0.2, 0) is 15.4 Å². The molecule has 0 aliphatic carbocycles. The van der Waals surface area contributed by atoms with Crippen molar-refractivity contribution in [3.63, 3.8) is 0 Å². The van der Waals surface area contributed by atoms with Gasteiger partial charge in [-0.1, -0.05) is 32.9 Å². The Bertz CT molecular complexity index is 936. The Hall–Kier alpha value is -2.34. The van der Waals surface area contributed by atoms with Gasteiger partial charge in [0.25, 0.3) is 10.0 Å². The molecule has 0 bridgehead atoms. The number of aromatic nitrogens is 2. The third kappa shape index (κ3) is 3.07. The molecule has 0 atom stereocenters. The van der Waals surface area contributed by atoms with E-state index in [4.69, 9.17) is 0 Å². The molecule has 0 unspecified atom stereocenters. The van der Waals surface area contributed by atoms with Crippen LogP contribution in [0.15, 0.2) is 59.9 Å². The number of pyridine rings is 1. The average molecular weight is 329 g/mol. The van der Waals surface area contributed by atoms with Gasteiger partial charge in [-0.25, -0.2) is 13.4 Å². The van der Waals surface area contributed by atoms with Crippen LogP contribution >= 0.6 is 0 Å². The molecule has 120 valence electrons. The van der Waals surface area contributed by atoms with Crippen molar-refractivity contribution in [2.24, 2.45) is 0 Å². The lowest BCUT2D eigenvalue weighted by Gasteiger charge is -2.19. The van der Waals surface area contributed by atoms with Crippen molar-refractivity contribution in [2.45, 2.75) is 31.1 Å². The third-order valence-corrected chi connectivity index (χ3v) is 5.08. The van der Waals surface area contributed by atoms with Gasteiger partial charge in [-0.3, -0.25) is 4.72 Å². The lowest BCUT2D eigenvalue weighted by molar-refractivity contribution is 0.587. The Kier molecular flexibility index (Phi) is 3.64. The fraction of sp³-hybridized carbons (Fsp3) is 0.235. The van der Waals surface area contributed by atoms with Crippen LogP contribution in [0.1, 0.15) is 26.3 Å². The second-order valence-electron chi connectivity index (χ2n) is 6.46. The molecule has 6 heteroatoms. The van der Waals surface area contributed by atoms with E-state index in [1.807, 2.05) is 18.3 Å². The number of sulfonamides is 1. The zero-order valence-corrected chi connectivity index (χ0v) is 14.1. The lowest BCUT2D eigenvalue weighted by Crippen LogP contribution is -2.15. The lowest BCUT2D eigenvalue weighted by atomic mass is 9.87. The molecule has 0 spiro atoms. The number of fused-ring (bicyclic) bond motifs is 1. The first-order valence-corrected chi connectivity index (χ1v) is 8.81. The van der Waals surface area contributed by atoms with E-state index in [-0.39, 0.29) is 10.3 Å². The van der Waals surface area contributed by atoms with Crippen LogP contribution in [0.25, 0.3) is 5.65 Å². The maximum atomic E-state index is 12.6. The number of nitrogens with one attached hydrogen (secondary N) is 1. The summed E-state index contributed by atoms with van der Waals surface area (Å²) in [4.78, 5) is 4.41. The summed E-state index contributed by atoms with van der Waals surface area (Å²) < 4.78 is 29.5. The van der Waals surface area contributed by atoms with Crippen LogP contribution in [0.4, 0.5) is 5.69 Å². The Morgan fingerprint density at radius 2 is 1.74 bits per heavy atom. The summed E-state index contributed by atoms with van der Waals surface area (Å²) in [5.74, 6) is 0. The minimum Gasteiger partial charge on any atom is -0.305 e. The molecule has 1 aromatic carbocycles. The van der Waals surface area contributed by atoms with Gasteiger partial charge in [-0.15, -0.1) is 0 Å². The van der Waals surface area contributed by atoms with Crippen LogP contribution in [-0.4, -0.2) is 17.8 Å². The molecule has 23 heavy (non-hydrogen) atoms. The van der Waals surface area contributed by atoms with Gasteiger partial charge in [-0.2, -0.15) is 0 Å². The molecule has 0 amide bonds. The molecule has 2 aromatic heterocycles. The van der Waals surface area contributed by atoms with E-state index < -0.39 is 10.0 Å². The van der Waals surface area contributed by atoms with Crippen molar-refractivity contribution in [1.82, 2.24) is 9.38 Å². The first-order valence-electron chi connectivity index (χ1n) is 7.32. The zero-order chi connectivity index (χ0) is 16.7. The predicted molar refractivity (Wildman–Crippen MR) is 91.1 cm³/mol. The van der Waals surface area contributed by atoms with Gasteiger partial charge in [-0.05, 0) is 35.2 Å². The van der Waals surface area contributed by atoms with Crippen LogP contribution in [0.2, 0.25) is 0 Å². The first-order chi connectivity index (χ1) is 10.8. The molecule has 2 heterocycles. The fourth-order valence-corrected chi connectivity index (χ4v) is 3.43. The van der Waals surface area contributed by atoms with Gasteiger partial charge in [0.05, 0.1) is 10.6 Å². The molecular formula is C17H19N3O2S. The van der Waals surface area contributed by atoms with Gasteiger partial charge >= 0.3 is 0 Å². The summed E-state index contributed by atoms with van der Waals surface area (Å²) in [5.41, 5.74) is 2.10. The van der Waals surface area contributed by atoms with E-state index in [9.17, 15) is 8.42 Å². The summed E-state index contributed by atoms with van der Waals surface area (Å²) in [7, 11) is -3.65. The molecule has 0 radical (unpaired) electrons. The highest BCUT2D eigenvalue weighted by Gasteiger charge is 2.18. The normalized spacial score (nSPS) is 12.5. The van der Waals surface area contributed by atoms with Crippen molar-refractivity contribution in [1.29, 1.82) is 0 Å². The Labute approximate surface area is 136 Å². The Morgan fingerprint density at radius 3 is 2.39 bits per heavy atom. The highest BCUT2D eigenvalue weighted by molar-refractivity contribution is 7.92. The Balaban J connectivity index is 1.94. The van der Waals surface area contributed by atoms with Gasteiger partial charge in [0.2, 0.25) is 0 Å². The first kappa shape index (κ1) is 15.6. The molecule has 0 fully saturated rings. The highest BCUT2D eigenvalue weighted by atomic mass is 32.2. The van der Waals surface area contributed by atoms with Crippen molar-refractivity contribution in [2.75, 3.05) is 4.72 Å². The predicted octanol–water partition coefficient (Wildman–Crippen LogP) is 3.43. The minimum atomic E-state index is -3.65. The minimum absolute atomic E-state index is 0.0167. The fourth-order valence-electron chi connectivity index (χ4n) is 2.37. The van der Waals surface area contributed by atoms with Crippen molar-refractivity contribution in [3.05, 3.63) is 60.6 Å². The second kappa shape index (κ2) is 5.38. The number of hydrogen-bond acceptors (Lipinski definition) is 3. The molecule has 0 saturated carbocycles. The summed E-state index contributed by atoms with van der Waals surface area (Å²) in [6.45, 7) is 6.27. The number of rotatable bonds is 3. The maximum absolute atomic E-state index is 12.6. The summed E-state index contributed by atoms with van der Waals surface area (Å²) >= 11 is 0. The molecular weight excluding hydrogens is 310 g/mol. The van der Waals surface area contributed by atoms with Crippen molar-refractivity contribution < 1.29 is 8.42 Å². The number of imidazole rings is 1. The van der Waals surface area contributed by atoms with Crippen LogP contribution in [0.5, 0.6) is 0 Å². The number of anilines is 1. The molecule has 5 nitrogen and oxygen atoms in total. The van der Waals surface area contributed by atoms with E-state index in [0.29, 0.717) is 11.3 Å². The maximum Gasteiger partial charge on any atom is 0.262 e. The van der Waals surface area contributed by atoms with E-state index in [2.05, 4.69) is 30.5 Å². The van der Waals surface area contributed by atoms with Gasteiger partial charge in [0.1, 0.15) is 0 Å². The smallest absolute Gasteiger partial charge is 0.262 e. The van der Waals surface area contributed by atoms with Crippen molar-refractivity contribution >= 4 is 21.4 Å². The highest BCUT2D eigenvalue weighted by Crippen LogP contribution is 2.25. The van der Waals surface area contributed by atoms with E-state index in [1.54, 1.807) is 41.1 Å². The largest absolute Gasteiger partial charge is 0.305 e. The van der Waals surface area contributed by atoms with Gasteiger partial charge in [0.15, 0.2) is 5.65 Å². The van der Waals surface area contributed by atoms with E-state index >= 15 is 0 Å². The van der Waals surface area contributed by atoms with Gasteiger partial charge < -0.3 is 4.40 Å². The standard InChI is InChI=1S/C17H19N3O2S/c1-17(2,3)13-6-8-14(9-7-13)23(21,22)19-15-5-4-11-20-12-10-18-16(15)20/h4-12,19H,1-3H3. The molecule has 0 aliphatic rings. The molecule has 0 saturated heterocycles. The number of nitrogens with zero attached hydrogens (tertiary/aromatic N) is 2. The molecule has 3 rings (SSSR count). The second-order valence-corrected chi connectivity index (χ2v) is 8.14. The van der Waals surface area contributed by atoms with Gasteiger partial charge in [0, 0.05) is 18.6 Å². The topological polar surface area (TPSA) is 63.5 Å². The SMILES string of the molecule is CC(C)(C)c1ccc(S(=O)(=O)Nc2cccn3ccnc23)cc1. The van der Waals surface area contributed by atoms with Crippen LogP contribution in [0.3, 0.4) is 0 Å². The summed E-state index contributed by atoms with van der Waals surface area (Å²) in [5, 5.41) is 0. The molecule has 1 N–H and O–H groups in total. The average Bonchev–Trinajstić information content (AvgIpc) is 2.96. The van der Waals surface area contributed by atoms with E-state index in [0.717, 1.165) is 5.56 Å². The quantitative estimate of drug-likeness (QED) is 0.800. The van der Waals surface area contributed by atoms with E-state index in [1.165, 1.54) is 0 Å². The van der Waals surface area contributed by atoms with Crippen LogP contribution < -0.4 is 4.72 Å². The van der Waals surface area contributed by atoms with Crippen LogP contribution in [0, 0.1) is 0 Å². The number of hydrogen-bond donors (Lipinski definition) is 1. The molecule has 3 aromatic rings. The summed E-state index contributed by atoms with van der Waals surface area (Å²) in [6.07, 6.45) is 5.22. The summed E-state index contributed by atoms with van der Waals surface area (Å²) in [6, 6.07) is 10.4.